The lowest BCUT2D eigenvalue weighted by atomic mass is 9.60. The monoisotopic (exact) mass is 755 g/mol. The number of hydrogen-bond acceptors (Lipinski definition) is 5. The van der Waals surface area contributed by atoms with Gasteiger partial charge in [-0.1, -0.05) is 170 Å². The fourth-order valence-electron chi connectivity index (χ4n) is 9.59. The summed E-state index contributed by atoms with van der Waals surface area (Å²) >= 11 is 0. The summed E-state index contributed by atoms with van der Waals surface area (Å²) in [5, 5.41) is 2.67. The van der Waals surface area contributed by atoms with Gasteiger partial charge in [0.15, 0.2) is 11.6 Å². The van der Waals surface area contributed by atoms with Crippen molar-refractivity contribution in [1.29, 1.82) is 0 Å². The van der Waals surface area contributed by atoms with Gasteiger partial charge in [0.05, 0.1) is 28.0 Å². The van der Waals surface area contributed by atoms with E-state index in [9.17, 15) is 4.79 Å². The third kappa shape index (κ3) is 4.74. The maximum absolute atomic E-state index is 14.9. The van der Waals surface area contributed by atoms with Gasteiger partial charge in [0.2, 0.25) is 5.95 Å². The summed E-state index contributed by atoms with van der Waals surface area (Å²) in [5.41, 5.74) is 11.0. The summed E-state index contributed by atoms with van der Waals surface area (Å²) in [6, 6.07) is 69.0. The van der Waals surface area contributed by atoms with Gasteiger partial charge in [0.25, 0.3) is 5.56 Å². The van der Waals surface area contributed by atoms with Crippen LogP contribution < -0.4 is 10.5 Å². The predicted octanol–water partition coefficient (Wildman–Crippen LogP) is 11.8. The molecule has 1 spiro atoms. The number of hydrogen-bond donors (Lipinski definition) is 0. The Kier molecular flexibility index (Phi) is 7.19. The molecule has 2 aliphatic heterocycles. The van der Waals surface area contributed by atoms with E-state index in [4.69, 9.17) is 15.0 Å². The van der Waals surface area contributed by atoms with Crippen molar-refractivity contribution < 1.29 is 0 Å². The van der Waals surface area contributed by atoms with Gasteiger partial charge >= 0.3 is 0 Å². The first-order valence-electron chi connectivity index (χ1n) is 19.8. The Morgan fingerprint density at radius 1 is 0.373 bits per heavy atom. The molecule has 6 nitrogen and oxygen atoms in total. The maximum atomic E-state index is 14.9. The van der Waals surface area contributed by atoms with Crippen LogP contribution in [0.25, 0.3) is 61.3 Å². The average Bonchev–Trinajstić information content (AvgIpc) is 3.31. The summed E-state index contributed by atoms with van der Waals surface area (Å²) in [5.74, 6) is 1.69. The SMILES string of the molecule is O=c1c2ccccc2c2cccc3c2n1-c1ccc(-c2ccccc2)cc1C31c2ccccc2N(c2nc(-c3ccccc3)nc(-c3ccccc3)n2)c2ccccc21. The summed E-state index contributed by atoms with van der Waals surface area (Å²) in [4.78, 5) is 32.7. The molecule has 0 unspecified atom stereocenters. The number of para-hydroxylation sites is 3. The Labute approximate surface area is 340 Å². The lowest BCUT2D eigenvalue weighted by molar-refractivity contribution is 0.707. The van der Waals surface area contributed by atoms with E-state index in [0.29, 0.717) is 23.0 Å². The molecule has 0 bridgehead atoms. The zero-order valence-corrected chi connectivity index (χ0v) is 31.7. The van der Waals surface area contributed by atoms with Gasteiger partial charge in [-0.25, -0.2) is 4.98 Å². The van der Waals surface area contributed by atoms with Crippen molar-refractivity contribution >= 4 is 39.0 Å². The highest BCUT2D eigenvalue weighted by atomic mass is 16.1. The number of rotatable bonds is 4. The fourth-order valence-corrected chi connectivity index (χ4v) is 9.59. The molecule has 0 radical (unpaired) electrons. The van der Waals surface area contributed by atoms with E-state index >= 15 is 0 Å². The quantitative estimate of drug-likeness (QED) is 0.167. The van der Waals surface area contributed by atoms with E-state index in [2.05, 4.69) is 120 Å². The van der Waals surface area contributed by atoms with E-state index < -0.39 is 5.41 Å². The van der Waals surface area contributed by atoms with Gasteiger partial charge in [0.1, 0.15) is 0 Å². The van der Waals surface area contributed by atoms with Crippen molar-refractivity contribution in [2.45, 2.75) is 5.41 Å². The molecular formula is C53H33N5O. The molecule has 8 aromatic carbocycles. The standard InChI is InChI=1S/C53H33N5O/c59-51-40-24-11-10-23-38(40)39-25-16-28-43-48(39)58(51)47-32-31-37(34-17-4-1-5-18-34)33-44(47)53(43)41-26-12-14-29-45(41)57(46-30-15-13-27-42(46)53)52-55-49(35-19-6-2-7-20-35)54-50(56-52)36-21-8-3-9-22-36/h1-33H. The Bertz CT molecular complexity index is 3260. The lowest BCUT2D eigenvalue weighted by Gasteiger charge is -2.48. The summed E-state index contributed by atoms with van der Waals surface area (Å²) in [6.07, 6.45) is 0. The van der Waals surface area contributed by atoms with Crippen LogP contribution in [0.15, 0.2) is 205 Å². The van der Waals surface area contributed by atoms with E-state index in [1.54, 1.807) is 0 Å². The predicted molar refractivity (Wildman–Crippen MR) is 237 cm³/mol. The Balaban J connectivity index is 1.22. The van der Waals surface area contributed by atoms with E-state index in [1.165, 1.54) is 0 Å². The molecule has 0 amide bonds. The van der Waals surface area contributed by atoms with Crippen molar-refractivity contribution in [3.63, 3.8) is 0 Å². The highest BCUT2D eigenvalue weighted by Gasteiger charge is 2.51. The van der Waals surface area contributed by atoms with Crippen molar-refractivity contribution in [3.8, 4) is 39.6 Å². The largest absolute Gasteiger partial charge is 0.278 e. The molecule has 0 saturated heterocycles. The maximum Gasteiger partial charge on any atom is 0.263 e. The average molecular weight is 756 g/mol. The van der Waals surface area contributed by atoms with E-state index in [-0.39, 0.29) is 5.56 Å². The molecule has 276 valence electrons. The molecule has 59 heavy (non-hydrogen) atoms. The van der Waals surface area contributed by atoms with Crippen molar-refractivity contribution in [3.05, 3.63) is 233 Å². The number of aromatic nitrogens is 4. The third-order valence-corrected chi connectivity index (χ3v) is 12.0. The fraction of sp³-hybridized carbons (Fsp3) is 0.0189. The molecule has 12 rings (SSSR count). The van der Waals surface area contributed by atoms with Gasteiger partial charge in [-0.3, -0.25) is 14.3 Å². The minimum Gasteiger partial charge on any atom is -0.278 e. The van der Waals surface area contributed by atoms with Crippen molar-refractivity contribution in [1.82, 2.24) is 19.5 Å². The second kappa shape index (κ2) is 12.8. The number of benzene rings is 8. The van der Waals surface area contributed by atoms with Crippen LogP contribution in [0.5, 0.6) is 0 Å². The molecule has 0 N–H and O–H groups in total. The van der Waals surface area contributed by atoms with Gasteiger partial charge in [0, 0.05) is 21.9 Å². The first kappa shape index (κ1) is 33.2. The molecule has 0 fully saturated rings. The lowest BCUT2D eigenvalue weighted by Crippen LogP contribution is -2.42. The zero-order chi connectivity index (χ0) is 39.1. The molecule has 6 heteroatoms. The van der Waals surface area contributed by atoms with Crippen LogP contribution in [0.4, 0.5) is 17.3 Å². The number of fused-ring (bicyclic) bond motifs is 10. The van der Waals surface area contributed by atoms with Crippen LogP contribution in [0, 0.1) is 0 Å². The van der Waals surface area contributed by atoms with Crippen LogP contribution in [0.1, 0.15) is 22.3 Å². The first-order valence-corrected chi connectivity index (χ1v) is 19.8. The molecular weight excluding hydrogens is 723 g/mol. The normalized spacial score (nSPS) is 13.3. The van der Waals surface area contributed by atoms with Gasteiger partial charge in [-0.2, -0.15) is 9.97 Å². The van der Waals surface area contributed by atoms with E-state index in [1.807, 2.05) is 89.5 Å². The van der Waals surface area contributed by atoms with Crippen LogP contribution >= 0.6 is 0 Å². The Morgan fingerprint density at radius 2 is 0.881 bits per heavy atom. The number of anilines is 3. The second-order valence-electron chi connectivity index (χ2n) is 15.1. The second-order valence-corrected chi connectivity index (χ2v) is 15.1. The van der Waals surface area contributed by atoms with Crippen LogP contribution in [-0.4, -0.2) is 19.5 Å². The van der Waals surface area contributed by atoms with Gasteiger partial charge in [-0.05, 0) is 69.1 Å². The number of nitrogens with zero attached hydrogens (tertiary/aromatic N) is 5. The van der Waals surface area contributed by atoms with Crippen molar-refractivity contribution in [2.75, 3.05) is 4.90 Å². The molecule has 0 aliphatic carbocycles. The van der Waals surface area contributed by atoms with Gasteiger partial charge in [-0.15, -0.1) is 0 Å². The molecule has 4 heterocycles. The minimum absolute atomic E-state index is 0.0322. The van der Waals surface area contributed by atoms with Gasteiger partial charge < -0.3 is 0 Å². The minimum atomic E-state index is -0.851. The molecule has 2 aromatic heterocycles. The summed E-state index contributed by atoms with van der Waals surface area (Å²) < 4.78 is 1.96. The topological polar surface area (TPSA) is 63.9 Å². The number of pyridine rings is 1. The smallest absolute Gasteiger partial charge is 0.263 e. The molecule has 2 aliphatic rings. The van der Waals surface area contributed by atoms with Crippen LogP contribution in [-0.2, 0) is 5.41 Å². The Morgan fingerprint density at radius 3 is 1.51 bits per heavy atom. The molecule has 10 aromatic rings. The highest BCUT2D eigenvalue weighted by Crippen LogP contribution is 2.61. The zero-order valence-electron chi connectivity index (χ0n) is 31.7. The van der Waals surface area contributed by atoms with E-state index in [0.717, 1.165) is 77.9 Å². The Hall–Kier alpha value is -7.96. The molecule has 0 saturated carbocycles. The molecule has 0 atom stereocenters. The van der Waals surface area contributed by atoms with Crippen LogP contribution in [0.2, 0.25) is 0 Å². The first-order chi connectivity index (χ1) is 29.2. The highest BCUT2D eigenvalue weighted by molar-refractivity contribution is 6.09. The summed E-state index contributed by atoms with van der Waals surface area (Å²) in [6.45, 7) is 0. The van der Waals surface area contributed by atoms with Crippen molar-refractivity contribution in [2.24, 2.45) is 0 Å². The third-order valence-electron chi connectivity index (χ3n) is 12.0. The van der Waals surface area contributed by atoms with Crippen LogP contribution in [0.3, 0.4) is 0 Å². The summed E-state index contributed by atoms with van der Waals surface area (Å²) in [7, 11) is 0.